The summed E-state index contributed by atoms with van der Waals surface area (Å²) < 4.78 is 7.59. The lowest BCUT2D eigenvalue weighted by molar-refractivity contribution is 0.393. The quantitative estimate of drug-likeness (QED) is 0.753. The van der Waals surface area contributed by atoms with E-state index in [1.807, 2.05) is 24.5 Å². The molecule has 0 saturated heterocycles. The maximum Gasteiger partial charge on any atom is 0.265 e. The Balaban J connectivity index is 2.44. The van der Waals surface area contributed by atoms with Crippen LogP contribution >= 0.6 is 39.3 Å². The van der Waals surface area contributed by atoms with E-state index in [4.69, 9.17) is 16.3 Å². The van der Waals surface area contributed by atoms with Gasteiger partial charge in [0.25, 0.3) is 5.56 Å². The molecule has 1 heterocycles. The molecule has 3 nitrogen and oxygen atoms in total. The summed E-state index contributed by atoms with van der Waals surface area (Å²) in [6.07, 6.45) is 1.97. The van der Waals surface area contributed by atoms with Gasteiger partial charge in [-0.2, -0.15) is 0 Å². The van der Waals surface area contributed by atoms with Crippen LogP contribution in [0, 0.1) is 0 Å². The zero-order valence-corrected chi connectivity index (χ0v) is 14.2. The summed E-state index contributed by atoms with van der Waals surface area (Å²) in [5.41, 5.74) is 1.47. The van der Waals surface area contributed by atoms with Gasteiger partial charge in [0, 0.05) is 12.6 Å². The molecule has 0 saturated carbocycles. The first-order valence-electron chi connectivity index (χ1n) is 5.81. The van der Waals surface area contributed by atoms with Gasteiger partial charge in [-0.1, -0.05) is 11.6 Å². The number of nitrogens with zero attached hydrogens (tertiary/aromatic N) is 1. The molecule has 20 heavy (non-hydrogen) atoms. The van der Waals surface area contributed by atoms with Crippen molar-refractivity contribution in [2.75, 3.05) is 12.2 Å². The van der Waals surface area contributed by atoms with Crippen LogP contribution < -0.4 is 10.3 Å². The van der Waals surface area contributed by atoms with Crippen molar-refractivity contribution in [2.45, 2.75) is 0 Å². The maximum atomic E-state index is 11.9. The number of thioether (sulfide) groups is 1. The molecule has 6 heteroatoms. The largest absolute Gasteiger partial charge is 0.483 e. The lowest BCUT2D eigenvalue weighted by atomic mass is 10.1. The Kier molecular flexibility index (Phi) is 5.18. The number of hydrogen-bond acceptors (Lipinski definition) is 3. The molecule has 0 atom stereocenters. The predicted octanol–water partition coefficient (Wildman–Crippen LogP) is 4.17. The smallest absolute Gasteiger partial charge is 0.265 e. The molecule has 2 rings (SSSR count). The number of aromatic nitrogens is 1. The van der Waals surface area contributed by atoms with Gasteiger partial charge in [-0.3, -0.25) is 4.79 Å². The molecule has 0 bridgehead atoms. The van der Waals surface area contributed by atoms with Gasteiger partial charge in [-0.25, -0.2) is 0 Å². The van der Waals surface area contributed by atoms with Crippen molar-refractivity contribution in [1.29, 1.82) is 0 Å². The summed E-state index contributed by atoms with van der Waals surface area (Å²) in [6, 6.07) is 9.06. The Labute approximate surface area is 135 Å². The molecule has 0 amide bonds. The molecule has 0 fully saturated rings. The topological polar surface area (TPSA) is 31.2 Å². The van der Waals surface area contributed by atoms with Crippen molar-refractivity contribution in [1.82, 2.24) is 4.57 Å². The van der Waals surface area contributed by atoms with Crippen LogP contribution in [0.2, 0.25) is 5.02 Å². The Morgan fingerprint density at radius 3 is 2.75 bits per heavy atom. The van der Waals surface area contributed by atoms with Crippen LogP contribution in [0.5, 0.6) is 5.75 Å². The van der Waals surface area contributed by atoms with Crippen molar-refractivity contribution < 1.29 is 4.74 Å². The molecule has 0 spiro atoms. The number of ether oxygens (including phenoxy) is 1. The molecule has 0 aliphatic carbocycles. The molecule has 1 aromatic heterocycles. The first-order chi connectivity index (χ1) is 9.54. The Morgan fingerprint density at radius 2 is 2.10 bits per heavy atom. The normalized spacial score (nSPS) is 10.6. The van der Waals surface area contributed by atoms with Gasteiger partial charge in [0.05, 0.1) is 15.2 Å². The summed E-state index contributed by atoms with van der Waals surface area (Å²) >= 11 is 11.1. The van der Waals surface area contributed by atoms with Crippen molar-refractivity contribution in [3.8, 4) is 17.0 Å². The number of pyridine rings is 1. The molecule has 106 valence electrons. The molecule has 2 aromatic rings. The second-order valence-corrected chi connectivity index (χ2v) is 6.20. The molecule has 0 aliphatic rings. The first kappa shape index (κ1) is 15.5. The van der Waals surface area contributed by atoms with E-state index in [1.54, 1.807) is 35.5 Å². The third-order valence-electron chi connectivity index (χ3n) is 2.82. The third-order valence-corrected chi connectivity index (χ3v) is 4.09. The molecular weight excluding hydrogens is 362 g/mol. The van der Waals surface area contributed by atoms with Gasteiger partial charge in [0.2, 0.25) is 0 Å². The van der Waals surface area contributed by atoms with Crippen molar-refractivity contribution in [2.24, 2.45) is 7.05 Å². The number of benzene rings is 1. The highest BCUT2D eigenvalue weighted by molar-refractivity contribution is 9.10. The van der Waals surface area contributed by atoms with E-state index in [-0.39, 0.29) is 5.56 Å². The van der Waals surface area contributed by atoms with E-state index in [0.29, 0.717) is 15.4 Å². The predicted molar refractivity (Wildman–Crippen MR) is 88.8 cm³/mol. The van der Waals surface area contributed by atoms with E-state index < -0.39 is 0 Å². The van der Waals surface area contributed by atoms with Crippen LogP contribution in [0.4, 0.5) is 0 Å². The SMILES string of the molecule is CSCOc1ccc(-c2ccc(Br)c(=O)n2C)c(Cl)c1. The lowest BCUT2D eigenvalue weighted by Gasteiger charge is -2.12. The first-order valence-corrected chi connectivity index (χ1v) is 8.38. The van der Waals surface area contributed by atoms with E-state index in [9.17, 15) is 4.79 Å². The highest BCUT2D eigenvalue weighted by Gasteiger charge is 2.10. The molecule has 0 aliphatic heterocycles. The van der Waals surface area contributed by atoms with Gasteiger partial charge in [0.1, 0.15) is 11.7 Å². The minimum Gasteiger partial charge on any atom is -0.483 e. The number of halogens is 2. The minimum atomic E-state index is -0.0960. The van der Waals surface area contributed by atoms with Crippen LogP contribution in [-0.2, 0) is 7.05 Å². The third kappa shape index (κ3) is 3.22. The Morgan fingerprint density at radius 1 is 1.35 bits per heavy atom. The van der Waals surface area contributed by atoms with E-state index >= 15 is 0 Å². The van der Waals surface area contributed by atoms with Crippen LogP contribution in [0.15, 0.2) is 39.6 Å². The average Bonchev–Trinajstić information content (AvgIpc) is 2.44. The average molecular weight is 375 g/mol. The molecule has 0 radical (unpaired) electrons. The van der Waals surface area contributed by atoms with Gasteiger partial charge < -0.3 is 9.30 Å². The lowest BCUT2D eigenvalue weighted by Crippen LogP contribution is -2.18. The fraction of sp³-hybridized carbons (Fsp3) is 0.214. The summed E-state index contributed by atoms with van der Waals surface area (Å²) in [7, 11) is 1.72. The monoisotopic (exact) mass is 373 g/mol. The highest BCUT2D eigenvalue weighted by Crippen LogP contribution is 2.31. The van der Waals surface area contributed by atoms with Crippen LogP contribution in [-0.4, -0.2) is 16.8 Å². The molecular formula is C14H13BrClNO2S. The standard InChI is InChI=1S/C14H13BrClNO2S/c1-17-13(6-5-11(15)14(17)18)10-4-3-9(7-12(10)16)19-8-20-2/h3-7H,8H2,1-2H3. The van der Waals surface area contributed by atoms with Gasteiger partial charge >= 0.3 is 0 Å². The van der Waals surface area contributed by atoms with E-state index in [2.05, 4.69) is 15.9 Å². The maximum absolute atomic E-state index is 11.9. The summed E-state index contributed by atoms with van der Waals surface area (Å²) in [4.78, 5) is 11.9. The van der Waals surface area contributed by atoms with Crippen LogP contribution in [0.1, 0.15) is 0 Å². The zero-order valence-electron chi connectivity index (χ0n) is 11.0. The Hall–Kier alpha value is -0.910. The van der Waals surface area contributed by atoms with Crippen molar-refractivity contribution in [3.63, 3.8) is 0 Å². The summed E-state index contributed by atoms with van der Waals surface area (Å²) in [5, 5.41) is 0.556. The highest BCUT2D eigenvalue weighted by atomic mass is 79.9. The van der Waals surface area contributed by atoms with Crippen LogP contribution in [0.25, 0.3) is 11.3 Å². The van der Waals surface area contributed by atoms with Gasteiger partial charge in [0.15, 0.2) is 0 Å². The van der Waals surface area contributed by atoms with E-state index in [1.165, 1.54) is 0 Å². The fourth-order valence-corrected chi connectivity index (χ4v) is 2.71. The fourth-order valence-electron chi connectivity index (χ4n) is 1.80. The number of hydrogen-bond donors (Lipinski definition) is 0. The van der Waals surface area contributed by atoms with E-state index in [0.717, 1.165) is 17.0 Å². The Bertz CT molecular complexity index is 687. The van der Waals surface area contributed by atoms with Crippen LogP contribution in [0.3, 0.4) is 0 Å². The summed E-state index contributed by atoms with van der Waals surface area (Å²) in [6.45, 7) is 0. The zero-order chi connectivity index (χ0) is 14.7. The number of rotatable bonds is 4. The molecule has 0 unspecified atom stereocenters. The van der Waals surface area contributed by atoms with Crippen molar-refractivity contribution >= 4 is 39.3 Å². The molecule has 1 aromatic carbocycles. The minimum absolute atomic E-state index is 0.0960. The second kappa shape index (κ2) is 6.70. The van der Waals surface area contributed by atoms with Crippen molar-refractivity contribution in [3.05, 3.63) is 50.2 Å². The molecule has 0 N–H and O–H groups in total. The second-order valence-electron chi connectivity index (χ2n) is 4.12. The summed E-state index contributed by atoms with van der Waals surface area (Å²) in [5.74, 6) is 1.29. The van der Waals surface area contributed by atoms with Gasteiger partial charge in [-0.15, -0.1) is 11.8 Å². The van der Waals surface area contributed by atoms with Gasteiger partial charge in [-0.05, 0) is 52.5 Å².